The lowest BCUT2D eigenvalue weighted by Crippen LogP contribution is -2.35. The zero-order valence-corrected chi connectivity index (χ0v) is 14.8. The minimum atomic E-state index is -0.612. The molecular formula is C17H29N3O3. The third-order valence-corrected chi connectivity index (χ3v) is 3.80. The Balaban J connectivity index is 2.78. The number of rotatable bonds is 9. The minimum Gasteiger partial charge on any atom is -0.344 e. The molecule has 1 aromatic heterocycles. The summed E-state index contributed by atoms with van der Waals surface area (Å²) < 4.78 is 1.77. The lowest BCUT2D eigenvalue weighted by molar-refractivity contribution is 0.0706. The largest absolute Gasteiger partial charge is 0.344 e. The zero-order chi connectivity index (χ0) is 17.6. The normalized spacial score (nSPS) is 12.0. The second kappa shape index (κ2) is 8.26. The molecule has 6 heteroatoms. The molecule has 0 saturated carbocycles. The topological polar surface area (TPSA) is 74.6 Å². The van der Waals surface area contributed by atoms with Gasteiger partial charge in [0.15, 0.2) is 6.29 Å². The molecule has 0 aliphatic heterocycles. The molecule has 2 N–H and O–H groups in total. The molecule has 1 amide bonds. The third-order valence-electron chi connectivity index (χ3n) is 3.80. The van der Waals surface area contributed by atoms with Crippen LogP contribution in [-0.2, 0) is 6.54 Å². The Morgan fingerprint density at radius 1 is 1.48 bits per heavy atom. The Hall–Kier alpha value is -1.66. The molecule has 0 radical (unpaired) electrons. The molecule has 6 nitrogen and oxygen atoms in total. The van der Waals surface area contributed by atoms with Gasteiger partial charge in [-0.05, 0) is 37.4 Å². The summed E-state index contributed by atoms with van der Waals surface area (Å²) in [6, 6.07) is 1.48. The highest BCUT2D eigenvalue weighted by atomic mass is 16.5. The highest BCUT2D eigenvalue weighted by molar-refractivity contribution is 5.94. The van der Waals surface area contributed by atoms with Crippen molar-refractivity contribution in [2.75, 3.05) is 20.1 Å². The first-order valence-electron chi connectivity index (χ1n) is 7.97. The maximum absolute atomic E-state index is 11.5. The van der Waals surface area contributed by atoms with E-state index >= 15 is 0 Å². The first kappa shape index (κ1) is 19.4. The van der Waals surface area contributed by atoms with Crippen molar-refractivity contribution in [3.63, 3.8) is 0 Å². The fourth-order valence-corrected chi connectivity index (χ4v) is 2.75. The van der Waals surface area contributed by atoms with Crippen molar-refractivity contribution in [3.05, 3.63) is 23.5 Å². The lowest BCUT2D eigenvalue weighted by atomic mass is 9.92. The van der Waals surface area contributed by atoms with Gasteiger partial charge in [0.1, 0.15) is 0 Å². The van der Waals surface area contributed by atoms with Gasteiger partial charge < -0.3 is 9.47 Å². The van der Waals surface area contributed by atoms with Crippen molar-refractivity contribution in [1.29, 1.82) is 0 Å². The standard InChI is InChI=1S/C17H29N3O3/c1-13(2)6-7-19(5)11-17(3,4)12-20-9-14(16(22)18-23)8-15(20)10-21/h8-10,13,23H,6-7,11-12H2,1-5H3,(H,18,22). The van der Waals surface area contributed by atoms with E-state index in [2.05, 4.69) is 39.6 Å². The van der Waals surface area contributed by atoms with E-state index in [1.807, 2.05) is 0 Å². The van der Waals surface area contributed by atoms with Crippen LogP contribution < -0.4 is 5.48 Å². The Morgan fingerprint density at radius 2 is 2.13 bits per heavy atom. The number of aldehydes is 1. The van der Waals surface area contributed by atoms with Crippen LogP contribution in [0.15, 0.2) is 12.3 Å². The number of carbonyl (C=O) groups excluding carboxylic acids is 2. The minimum absolute atomic E-state index is 0.0600. The number of nitrogens with zero attached hydrogens (tertiary/aromatic N) is 2. The lowest BCUT2D eigenvalue weighted by Gasteiger charge is -2.31. The fourth-order valence-electron chi connectivity index (χ4n) is 2.75. The monoisotopic (exact) mass is 323 g/mol. The molecular weight excluding hydrogens is 294 g/mol. The van der Waals surface area contributed by atoms with Gasteiger partial charge in [0, 0.05) is 19.3 Å². The van der Waals surface area contributed by atoms with Crippen LogP contribution in [0.2, 0.25) is 0 Å². The molecule has 0 spiro atoms. The average Bonchev–Trinajstić information content (AvgIpc) is 2.85. The van der Waals surface area contributed by atoms with Crippen molar-refractivity contribution in [3.8, 4) is 0 Å². The number of amides is 1. The summed E-state index contributed by atoms with van der Waals surface area (Å²) in [7, 11) is 2.10. The third kappa shape index (κ3) is 6.15. The van der Waals surface area contributed by atoms with E-state index in [1.54, 1.807) is 16.2 Å². The molecule has 0 aromatic carbocycles. The van der Waals surface area contributed by atoms with Gasteiger partial charge in [0.2, 0.25) is 0 Å². The van der Waals surface area contributed by atoms with Crippen molar-refractivity contribution in [2.45, 2.75) is 40.7 Å². The summed E-state index contributed by atoms with van der Waals surface area (Å²) in [4.78, 5) is 25.0. The predicted octanol–water partition coefficient (Wildman–Crippen LogP) is 2.42. The van der Waals surface area contributed by atoms with Gasteiger partial charge in [0.25, 0.3) is 5.91 Å². The smallest absolute Gasteiger partial charge is 0.276 e. The number of hydrogen-bond acceptors (Lipinski definition) is 4. The van der Waals surface area contributed by atoms with Gasteiger partial charge in [-0.25, -0.2) is 5.48 Å². The van der Waals surface area contributed by atoms with Crippen LogP contribution in [0.3, 0.4) is 0 Å². The summed E-state index contributed by atoms with van der Waals surface area (Å²) in [5, 5.41) is 8.71. The number of hydrogen-bond donors (Lipinski definition) is 2. The quantitative estimate of drug-likeness (QED) is 0.416. The van der Waals surface area contributed by atoms with Crippen LogP contribution >= 0.6 is 0 Å². The predicted molar refractivity (Wildman–Crippen MR) is 89.8 cm³/mol. The summed E-state index contributed by atoms with van der Waals surface area (Å²) in [5.74, 6) is 0.0601. The SMILES string of the molecule is CC(C)CCN(C)CC(C)(C)Cn1cc(C(=O)NO)cc1C=O. The van der Waals surface area contributed by atoms with E-state index < -0.39 is 5.91 Å². The van der Waals surface area contributed by atoms with Gasteiger partial charge in [-0.1, -0.05) is 27.7 Å². The maximum Gasteiger partial charge on any atom is 0.276 e. The second-order valence-corrected chi connectivity index (χ2v) is 7.42. The Labute approximate surface area is 138 Å². The molecule has 1 aromatic rings. The molecule has 0 fully saturated rings. The van der Waals surface area contributed by atoms with Crippen molar-refractivity contribution in [1.82, 2.24) is 14.9 Å². The zero-order valence-electron chi connectivity index (χ0n) is 14.8. The van der Waals surface area contributed by atoms with Crippen LogP contribution in [0.5, 0.6) is 0 Å². The molecule has 0 aliphatic rings. The molecule has 0 aliphatic carbocycles. The Kier molecular flexibility index (Phi) is 6.97. The van der Waals surface area contributed by atoms with Gasteiger partial charge in [0.05, 0.1) is 11.3 Å². The number of nitrogens with one attached hydrogen (secondary N) is 1. The average molecular weight is 323 g/mol. The van der Waals surface area contributed by atoms with E-state index in [1.165, 1.54) is 6.07 Å². The van der Waals surface area contributed by atoms with Crippen molar-refractivity contribution >= 4 is 12.2 Å². The van der Waals surface area contributed by atoms with Crippen LogP contribution in [0.1, 0.15) is 55.0 Å². The summed E-state index contributed by atoms with van der Waals surface area (Å²) in [5.41, 5.74) is 2.24. The van der Waals surface area contributed by atoms with Gasteiger partial charge >= 0.3 is 0 Å². The highest BCUT2D eigenvalue weighted by Crippen LogP contribution is 2.22. The number of aromatic nitrogens is 1. The van der Waals surface area contributed by atoms with E-state index in [0.717, 1.165) is 25.8 Å². The van der Waals surface area contributed by atoms with Crippen LogP contribution in [0, 0.1) is 11.3 Å². The molecule has 23 heavy (non-hydrogen) atoms. The van der Waals surface area contributed by atoms with Gasteiger partial charge in [-0.2, -0.15) is 0 Å². The van der Waals surface area contributed by atoms with Crippen molar-refractivity contribution in [2.24, 2.45) is 11.3 Å². The van der Waals surface area contributed by atoms with Crippen LogP contribution in [-0.4, -0.2) is 47.0 Å². The van der Waals surface area contributed by atoms with Crippen LogP contribution in [0.4, 0.5) is 0 Å². The van der Waals surface area contributed by atoms with Crippen molar-refractivity contribution < 1.29 is 14.8 Å². The molecule has 0 bridgehead atoms. The molecule has 0 unspecified atom stereocenters. The Morgan fingerprint density at radius 3 is 2.65 bits per heavy atom. The molecule has 1 heterocycles. The summed E-state index contributed by atoms with van der Waals surface area (Å²) >= 11 is 0. The highest BCUT2D eigenvalue weighted by Gasteiger charge is 2.23. The van der Waals surface area contributed by atoms with Gasteiger partial charge in [-0.15, -0.1) is 0 Å². The first-order chi connectivity index (χ1) is 10.7. The van der Waals surface area contributed by atoms with E-state index in [9.17, 15) is 9.59 Å². The van der Waals surface area contributed by atoms with E-state index in [0.29, 0.717) is 18.2 Å². The second-order valence-electron chi connectivity index (χ2n) is 7.42. The fraction of sp³-hybridized carbons (Fsp3) is 0.647. The van der Waals surface area contributed by atoms with E-state index in [-0.39, 0.29) is 11.0 Å². The first-order valence-corrected chi connectivity index (χ1v) is 7.97. The van der Waals surface area contributed by atoms with E-state index in [4.69, 9.17) is 5.21 Å². The summed E-state index contributed by atoms with van der Waals surface area (Å²) in [6.07, 6.45) is 3.48. The Bertz CT molecular complexity index is 535. The molecule has 0 atom stereocenters. The number of hydroxylamine groups is 1. The molecule has 130 valence electrons. The molecule has 1 rings (SSSR count). The maximum atomic E-state index is 11.5. The van der Waals surface area contributed by atoms with Crippen LogP contribution in [0.25, 0.3) is 0 Å². The summed E-state index contributed by atoms with van der Waals surface area (Å²) in [6.45, 7) is 11.2. The number of carbonyl (C=O) groups is 2. The molecule has 0 saturated heterocycles. The van der Waals surface area contributed by atoms with Gasteiger partial charge in [-0.3, -0.25) is 14.8 Å².